The zero-order valence-corrected chi connectivity index (χ0v) is 17.9. The molecule has 12 heteroatoms. The van der Waals surface area contributed by atoms with Crippen LogP contribution in [-0.2, 0) is 14.4 Å². The van der Waals surface area contributed by atoms with Crippen molar-refractivity contribution in [3.8, 4) is 0 Å². The third kappa shape index (κ3) is 6.76. The van der Waals surface area contributed by atoms with E-state index in [2.05, 4.69) is 15.7 Å². The summed E-state index contributed by atoms with van der Waals surface area (Å²) in [4.78, 5) is 46.3. The third-order valence-electron chi connectivity index (χ3n) is 3.92. The summed E-state index contributed by atoms with van der Waals surface area (Å²) < 4.78 is 0. The molecule has 2 aromatic rings. The number of hydrogen-bond acceptors (Lipinski definition) is 6. The van der Waals surface area contributed by atoms with Crippen molar-refractivity contribution in [2.75, 3.05) is 10.6 Å². The minimum atomic E-state index is -1.04. The van der Waals surface area contributed by atoms with Gasteiger partial charge < -0.3 is 10.6 Å². The van der Waals surface area contributed by atoms with Gasteiger partial charge in [0, 0.05) is 28.6 Å². The largest absolute Gasteiger partial charge is 0.329 e. The monoisotopic (exact) mass is 465 g/mol. The van der Waals surface area contributed by atoms with Crippen LogP contribution in [0.15, 0.2) is 41.5 Å². The number of halogens is 2. The van der Waals surface area contributed by atoms with Gasteiger partial charge in [-0.2, -0.15) is 5.10 Å². The van der Waals surface area contributed by atoms with Gasteiger partial charge in [-0.05, 0) is 37.6 Å². The summed E-state index contributed by atoms with van der Waals surface area (Å²) in [6, 6.07) is 8.47. The molecule has 2 aromatic carbocycles. The molecular formula is C19H17Cl2N5O5. The lowest BCUT2D eigenvalue weighted by Gasteiger charge is -2.09. The number of rotatable bonds is 6. The SMILES string of the molecule is C/C(CC(=O)Nc1cc([N+](=O)[O-])ccc1Cl)=N\NC(=O)C(=O)Nc1cccc(Cl)c1C. The van der Waals surface area contributed by atoms with E-state index in [9.17, 15) is 24.5 Å². The summed E-state index contributed by atoms with van der Waals surface area (Å²) in [6.07, 6.45) is -0.256. The van der Waals surface area contributed by atoms with Gasteiger partial charge in [-0.3, -0.25) is 24.5 Å². The number of non-ortho nitro benzene ring substituents is 1. The number of hydrazone groups is 1. The number of nitro benzene ring substituents is 1. The van der Waals surface area contributed by atoms with Crippen molar-refractivity contribution in [1.82, 2.24) is 5.43 Å². The first-order valence-electron chi connectivity index (χ1n) is 8.72. The van der Waals surface area contributed by atoms with Crippen LogP contribution in [-0.4, -0.2) is 28.4 Å². The number of hydrogen-bond donors (Lipinski definition) is 3. The Morgan fingerprint density at radius 2 is 1.74 bits per heavy atom. The van der Waals surface area contributed by atoms with Crippen molar-refractivity contribution < 1.29 is 19.3 Å². The fraction of sp³-hybridized carbons (Fsp3) is 0.158. The number of carbonyl (C=O) groups excluding carboxylic acids is 3. The molecule has 0 bridgehead atoms. The van der Waals surface area contributed by atoms with Gasteiger partial charge in [-0.25, -0.2) is 5.43 Å². The van der Waals surface area contributed by atoms with Gasteiger partial charge in [-0.1, -0.05) is 29.3 Å². The van der Waals surface area contributed by atoms with Gasteiger partial charge in [-0.15, -0.1) is 0 Å². The van der Waals surface area contributed by atoms with E-state index in [0.717, 1.165) is 6.07 Å². The van der Waals surface area contributed by atoms with Gasteiger partial charge in [0.2, 0.25) is 5.91 Å². The van der Waals surface area contributed by atoms with Crippen molar-refractivity contribution in [3.63, 3.8) is 0 Å². The molecule has 2 rings (SSSR count). The Kier molecular flexibility index (Phi) is 8.06. The lowest BCUT2D eigenvalue weighted by atomic mass is 10.2. The molecule has 0 radical (unpaired) electrons. The Morgan fingerprint density at radius 1 is 1.03 bits per heavy atom. The van der Waals surface area contributed by atoms with E-state index >= 15 is 0 Å². The van der Waals surface area contributed by atoms with Crippen molar-refractivity contribution >= 4 is 63.7 Å². The van der Waals surface area contributed by atoms with Crippen molar-refractivity contribution in [2.45, 2.75) is 20.3 Å². The zero-order valence-electron chi connectivity index (χ0n) is 16.4. The summed E-state index contributed by atoms with van der Waals surface area (Å²) in [6.45, 7) is 3.14. The van der Waals surface area contributed by atoms with Crippen LogP contribution in [0.2, 0.25) is 10.0 Å². The van der Waals surface area contributed by atoms with Gasteiger partial charge in [0.15, 0.2) is 0 Å². The molecule has 31 heavy (non-hydrogen) atoms. The molecule has 0 spiro atoms. The zero-order chi connectivity index (χ0) is 23.1. The van der Waals surface area contributed by atoms with Crippen LogP contribution in [0.4, 0.5) is 17.1 Å². The highest BCUT2D eigenvalue weighted by atomic mass is 35.5. The van der Waals surface area contributed by atoms with E-state index in [1.54, 1.807) is 25.1 Å². The average Bonchev–Trinajstić information content (AvgIpc) is 2.70. The summed E-state index contributed by atoms with van der Waals surface area (Å²) in [5.41, 5.74) is 3.03. The number of nitrogens with one attached hydrogen (secondary N) is 3. The molecule has 10 nitrogen and oxygen atoms in total. The van der Waals surface area contributed by atoms with Crippen LogP contribution in [0.5, 0.6) is 0 Å². The Bertz CT molecular complexity index is 1090. The Labute approximate surface area is 186 Å². The minimum absolute atomic E-state index is 0.0639. The molecule has 0 aliphatic carbocycles. The Balaban J connectivity index is 1.93. The second-order valence-corrected chi connectivity index (χ2v) is 7.12. The minimum Gasteiger partial charge on any atom is -0.324 e. The molecule has 0 unspecified atom stereocenters. The summed E-state index contributed by atoms with van der Waals surface area (Å²) in [5.74, 6) is -2.58. The van der Waals surface area contributed by atoms with Crippen LogP contribution >= 0.6 is 23.2 Å². The second kappa shape index (κ2) is 10.5. The number of carbonyl (C=O) groups is 3. The van der Waals surface area contributed by atoms with Crippen molar-refractivity contribution in [1.29, 1.82) is 0 Å². The van der Waals surface area contributed by atoms with E-state index in [0.29, 0.717) is 16.3 Å². The van der Waals surface area contributed by atoms with Gasteiger partial charge in [0.25, 0.3) is 5.69 Å². The number of benzene rings is 2. The topological polar surface area (TPSA) is 143 Å². The lowest BCUT2D eigenvalue weighted by molar-refractivity contribution is -0.384. The van der Waals surface area contributed by atoms with Gasteiger partial charge in [0.05, 0.1) is 22.1 Å². The maximum Gasteiger partial charge on any atom is 0.329 e. The molecular weight excluding hydrogens is 449 g/mol. The molecule has 0 aromatic heterocycles. The van der Waals surface area contributed by atoms with Crippen molar-refractivity contribution in [2.24, 2.45) is 5.10 Å². The highest BCUT2D eigenvalue weighted by molar-refractivity contribution is 6.40. The second-order valence-electron chi connectivity index (χ2n) is 6.30. The molecule has 0 aliphatic heterocycles. The number of anilines is 2. The van der Waals surface area contributed by atoms with Crippen LogP contribution in [0, 0.1) is 17.0 Å². The molecule has 0 aliphatic rings. The number of nitrogens with zero attached hydrogens (tertiary/aromatic N) is 2. The quantitative estimate of drug-likeness (QED) is 0.258. The smallest absolute Gasteiger partial charge is 0.324 e. The van der Waals surface area contributed by atoms with Crippen LogP contribution in [0.3, 0.4) is 0 Å². The standard InChI is InChI=1S/C19H17Cl2N5O5/c1-10(8-17(27)22-16-9-12(26(30)31)6-7-14(16)21)24-25-19(29)18(28)23-15-5-3-4-13(20)11(15)2/h3-7,9H,8H2,1-2H3,(H,22,27)(H,23,28)(H,25,29)/b24-10+. The number of amides is 3. The molecule has 0 atom stereocenters. The fourth-order valence-electron chi connectivity index (χ4n) is 2.31. The van der Waals surface area contributed by atoms with Crippen LogP contribution < -0.4 is 16.1 Å². The molecule has 0 fully saturated rings. The van der Waals surface area contributed by atoms with Crippen LogP contribution in [0.25, 0.3) is 0 Å². The molecule has 3 N–H and O–H groups in total. The first-order valence-corrected chi connectivity index (χ1v) is 9.47. The predicted octanol–water partition coefficient (Wildman–Crippen LogP) is 3.67. The predicted molar refractivity (Wildman–Crippen MR) is 117 cm³/mol. The first kappa shape index (κ1) is 23.8. The average molecular weight is 466 g/mol. The molecule has 0 heterocycles. The van der Waals surface area contributed by atoms with Gasteiger partial charge in [0.1, 0.15) is 0 Å². The molecule has 162 valence electrons. The first-order chi connectivity index (χ1) is 14.6. The van der Waals surface area contributed by atoms with E-state index in [1.165, 1.54) is 19.1 Å². The third-order valence-corrected chi connectivity index (χ3v) is 4.66. The molecule has 0 saturated heterocycles. The number of nitro groups is 1. The van der Waals surface area contributed by atoms with E-state index in [1.807, 2.05) is 5.43 Å². The van der Waals surface area contributed by atoms with Crippen LogP contribution in [0.1, 0.15) is 18.9 Å². The lowest BCUT2D eigenvalue weighted by Crippen LogP contribution is -2.33. The molecule has 3 amide bonds. The fourth-order valence-corrected chi connectivity index (χ4v) is 2.65. The summed E-state index contributed by atoms with van der Waals surface area (Å²) in [7, 11) is 0. The maximum atomic E-state index is 12.1. The van der Waals surface area contributed by atoms with Crippen molar-refractivity contribution in [3.05, 3.63) is 62.1 Å². The Hall–Kier alpha value is -3.50. The van der Waals surface area contributed by atoms with E-state index in [4.69, 9.17) is 23.2 Å². The van der Waals surface area contributed by atoms with Gasteiger partial charge >= 0.3 is 11.8 Å². The summed E-state index contributed by atoms with van der Waals surface area (Å²) in [5, 5.41) is 19.9. The highest BCUT2D eigenvalue weighted by Gasteiger charge is 2.16. The van der Waals surface area contributed by atoms with E-state index < -0.39 is 22.6 Å². The Morgan fingerprint density at radius 3 is 2.42 bits per heavy atom. The highest BCUT2D eigenvalue weighted by Crippen LogP contribution is 2.26. The normalized spacial score (nSPS) is 10.9. The summed E-state index contributed by atoms with van der Waals surface area (Å²) >= 11 is 11.9. The maximum absolute atomic E-state index is 12.1. The van der Waals surface area contributed by atoms with E-state index in [-0.39, 0.29) is 28.5 Å². The molecule has 0 saturated carbocycles.